The normalized spacial score (nSPS) is 20.5. The molecule has 22 heavy (non-hydrogen) atoms. The van der Waals surface area contributed by atoms with Crippen molar-refractivity contribution >= 4 is 11.5 Å². The molecule has 2 aromatic rings. The number of ether oxygens (including phenoxy) is 1. The third-order valence-electron chi connectivity index (χ3n) is 3.99. The molecule has 1 aliphatic rings. The molecule has 3 nitrogen and oxygen atoms in total. The van der Waals surface area contributed by atoms with E-state index in [1.165, 1.54) is 0 Å². The summed E-state index contributed by atoms with van der Waals surface area (Å²) in [4.78, 5) is 12.6. The molecule has 3 rings (SSSR count). The largest absolute Gasteiger partial charge is 0.356 e. The number of para-hydroxylation sites is 1. The fourth-order valence-corrected chi connectivity index (χ4v) is 2.81. The Balaban J connectivity index is 1.88. The van der Waals surface area contributed by atoms with Crippen molar-refractivity contribution in [3.63, 3.8) is 0 Å². The molecular formula is C19H21NO2. The number of nitrogens with one attached hydrogen (secondary N) is 1. The van der Waals surface area contributed by atoms with Gasteiger partial charge in [-0.05, 0) is 18.6 Å². The van der Waals surface area contributed by atoms with Crippen LogP contribution in [0.25, 0.3) is 0 Å². The number of hydrogen-bond acceptors (Lipinski definition) is 3. The van der Waals surface area contributed by atoms with Crippen LogP contribution in [0.15, 0.2) is 54.6 Å². The minimum Gasteiger partial charge on any atom is -0.356 e. The van der Waals surface area contributed by atoms with Crippen LogP contribution in [0, 0.1) is 0 Å². The van der Waals surface area contributed by atoms with E-state index in [1.807, 2.05) is 54.6 Å². The molecule has 2 aromatic carbocycles. The molecule has 2 unspecified atom stereocenters. The summed E-state index contributed by atoms with van der Waals surface area (Å²) < 4.78 is 6.07. The highest BCUT2D eigenvalue weighted by Gasteiger charge is 2.33. The molecule has 0 fully saturated rings. The van der Waals surface area contributed by atoms with E-state index in [2.05, 4.69) is 12.2 Å². The Bertz CT molecular complexity index is 639. The number of unbranched alkanes of at least 4 members (excludes halogenated alkanes) is 1. The monoisotopic (exact) mass is 295 g/mol. The Labute approximate surface area is 131 Å². The van der Waals surface area contributed by atoms with Gasteiger partial charge in [0.25, 0.3) is 0 Å². The summed E-state index contributed by atoms with van der Waals surface area (Å²) in [5.74, 6) is 0.107. The van der Waals surface area contributed by atoms with E-state index in [9.17, 15) is 4.79 Å². The first-order valence-corrected chi connectivity index (χ1v) is 7.89. The van der Waals surface area contributed by atoms with Gasteiger partial charge in [-0.3, -0.25) is 4.79 Å². The number of fused-ring (bicyclic) bond motifs is 1. The van der Waals surface area contributed by atoms with Gasteiger partial charge in [0.05, 0.1) is 0 Å². The number of anilines is 1. The van der Waals surface area contributed by atoms with E-state index >= 15 is 0 Å². The zero-order valence-corrected chi connectivity index (χ0v) is 12.8. The van der Waals surface area contributed by atoms with Crippen LogP contribution in [-0.2, 0) is 4.74 Å². The Morgan fingerprint density at radius 3 is 2.55 bits per heavy atom. The Kier molecular flexibility index (Phi) is 4.54. The topological polar surface area (TPSA) is 38.3 Å². The second-order valence-electron chi connectivity index (χ2n) is 5.61. The second kappa shape index (κ2) is 6.75. The molecule has 0 bridgehead atoms. The van der Waals surface area contributed by atoms with Crippen molar-refractivity contribution in [1.82, 2.24) is 0 Å². The van der Waals surface area contributed by atoms with Crippen LogP contribution in [0.1, 0.15) is 48.3 Å². The Morgan fingerprint density at radius 2 is 1.77 bits per heavy atom. The van der Waals surface area contributed by atoms with Gasteiger partial charge in [-0.15, -0.1) is 0 Å². The number of Topliss-reactive ketones (excluding diaryl/α,β-unsaturated/α-hetero) is 1. The van der Waals surface area contributed by atoms with Crippen molar-refractivity contribution < 1.29 is 9.53 Å². The summed E-state index contributed by atoms with van der Waals surface area (Å²) in [6, 6.07) is 17.7. The molecule has 1 N–H and O–H groups in total. The van der Waals surface area contributed by atoms with E-state index in [-0.39, 0.29) is 18.1 Å². The van der Waals surface area contributed by atoms with Crippen molar-refractivity contribution in [3.8, 4) is 0 Å². The van der Waals surface area contributed by atoms with Crippen LogP contribution in [0.2, 0.25) is 0 Å². The van der Waals surface area contributed by atoms with Gasteiger partial charge in [0.2, 0.25) is 0 Å². The molecule has 0 aromatic heterocycles. The average molecular weight is 295 g/mol. The zero-order valence-electron chi connectivity index (χ0n) is 12.8. The number of carbonyl (C=O) groups is 1. The zero-order chi connectivity index (χ0) is 15.4. The van der Waals surface area contributed by atoms with Crippen molar-refractivity contribution in [2.24, 2.45) is 0 Å². The first-order valence-electron chi connectivity index (χ1n) is 7.89. The van der Waals surface area contributed by atoms with Gasteiger partial charge in [0, 0.05) is 16.8 Å². The van der Waals surface area contributed by atoms with Crippen LogP contribution in [-0.4, -0.2) is 11.9 Å². The quantitative estimate of drug-likeness (QED) is 0.878. The second-order valence-corrected chi connectivity index (χ2v) is 5.61. The van der Waals surface area contributed by atoms with Crippen molar-refractivity contribution in [3.05, 3.63) is 65.7 Å². The lowest BCUT2D eigenvalue weighted by molar-refractivity contribution is -0.00474. The number of hydrogen-bond donors (Lipinski definition) is 1. The van der Waals surface area contributed by atoms with Gasteiger partial charge in [-0.25, -0.2) is 0 Å². The summed E-state index contributed by atoms with van der Waals surface area (Å²) in [5, 5.41) is 3.39. The van der Waals surface area contributed by atoms with Gasteiger partial charge in [0.15, 0.2) is 12.0 Å². The number of ketones is 1. The highest BCUT2D eigenvalue weighted by Crippen LogP contribution is 2.32. The number of benzene rings is 2. The van der Waals surface area contributed by atoms with Gasteiger partial charge in [0.1, 0.15) is 6.10 Å². The Morgan fingerprint density at radius 1 is 1.05 bits per heavy atom. The van der Waals surface area contributed by atoms with E-state index in [0.29, 0.717) is 0 Å². The maximum absolute atomic E-state index is 12.6. The van der Waals surface area contributed by atoms with Gasteiger partial charge < -0.3 is 10.1 Å². The van der Waals surface area contributed by atoms with Crippen molar-refractivity contribution in [2.45, 2.75) is 38.5 Å². The van der Waals surface area contributed by atoms with E-state index in [4.69, 9.17) is 4.74 Å². The lowest BCUT2D eigenvalue weighted by atomic mass is 9.93. The summed E-state index contributed by atoms with van der Waals surface area (Å²) in [6.45, 7) is 2.13. The minimum absolute atomic E-state index is 0.107. The summed E-state index contributed by atoms with van der Waals surface area (Å²) in [6.07, 6.45) is 2.20. The highest BCUT2D eigenvalue weighted by molar-refractivity contribution is 6.01. The smallest absolute Gasteiger partial charge is 0.192 e. The predicted molar refractivity (Wildman–Crippen MR) is 88.0 cm³/mol. The van der Waals surface area contributed by atoms with Crippen LogP contribution in [0.4, 0.5) is 5.69 Å². The van der Waals surface area contributed by atoms with E-state index in [1.54, 1.807) is 0 Å². The molecule has 0 radical (unpaired) electrons. The van der Waals surface area contributed by atoms with Crippen LogP contribution in [0.5, 0.6) is 0 Å². The molecule has 114 valence electrons. The van der Waals surface area contributed by atoms with Crippen molar-refractivity contribution in [1.29, 1.82) is 0 Å². The third kappa shape index (κ3) is 3.04. The number of carbonyl (C=O) groups excluding carboxylic acids is 1. The van der Waals surface area contributed by atoms with E-state index in [0.717, 1.165) is 36.1 Å². The fourth-order valence-electron chi connectivity index (χ4n) is 2.81. The Hall–Kier alpha value is -2.13. The first kappa shape index (κ1) is 14.8. The maximum atomic E-state index is 12.6. The first-order chi connectivity index (χ1) is 10.8. The SMILES string of the molecule is CCCCC1OC(Nc2ccccc2)c2ccccc2C1=O. The van der Waals surface area contributed by atoms with Gasteiger partial charge >= 0.3 is 0 Å². The summed E-state index contributed by atoms with van der Waals surface area (Å²) in [7, 11) is 0. The highest BCUT2D eigenvalue weighted by atomic mass is 16.5. The molecule has 1 aliphatic heterocycles. The minimum atomic E-state index is -0.351. The maximum Gasteiger partial charge on any atom is 0.192 e. The summed E-state index contributed by atoms with van der Waals surface area (Å²) >= 11 is 0. The molecule has 3 heteroatoms. The van der Waals surface area contributed by atoms with Crippen LogP contribution >= 0.6 is 0 Å². The fraction of sp³-hybridized carbons (Fsp3) is 0.316. The van der Waals surface area contributed by atoms with Crippen molar-refractivity contribution in [2.75, 3.05) is 5.32 Å². The lowest BCUT2D eigenvalue weighted by Gasteiger charge is -2.32. The standard InChI is InChI=1S/C19H21NO2/c1-2-3-13-17-18(21)15-11-7-8-12-16(15)19(22-17)20-14-9-5-4-6-10-14/h4-12,17,19-20H,2-3,13H2,1H3. The van der Waals surface area contributed by atoms with E-state index < -0.39 is 0 Å². The van der Waals surface area contributed by atoms with Gasteiger partial charge in [-0.2, -0.15) is 0 Å². The predicted octanol–water partition coefficient (Wildman–Crippen LogP) is 4.57. The molecule has 2 atom stereocenters. The van der Waals surface area contributed by atoms with Crippen LogP contribution in [0.3, 0.4) is 0 Å². The van der Waals surface area contributed by atoms with Crippen LogP contribution < -0.4 is 5.32 Å². The number of rotatable bonds is 5. The molecule has 0 spiro atoms. The molecule has 0 aliphatic carbocycles. The molecule has 0 amide bonds. The third-order valence-corrected chi connectivity index (χ3v) is 3.99. The average Bonchev–Trinajstić information content (AvgIpc) is 2.57. The lowest BCUT2D eigenvalue weighted by Crippen LogP contribution is -2.35. The molecule has 0 saturated heterocycles. The van der Waals surface area contributed by atoms with Gasteiger partial charge in [-0.1, -0.05) is 62.2 Å². The summed E-state index contributed by atoms with van der Waals surface area (Å²) in [5.41, 5.74) is 2.69. The molecule has 1 heterocycles. The molecule has 0 saturated carbocycles. The molecular weight excluding hydrogens is 274 g/mol.